The lowest BCUT2D eigenvalue weighted by molar-refractivity contribution is -0.140. The number of aliphatic hydroxyl groups is 1. The third kappa shape index (κ3) is 7.36. The summed E-state index contributed by atoms with van der Waals surface area (Å²) in [6.07, 6.45) is 3.73. The van der Waals surface area contributed by atoms with E-state index >= 15 is 0 Å². The van der Waals surface area contributed by atoms with Crippen molar-refractivity contribution in [3.8, 4) is 17.6 Å². The van der Waals surface area contributed by atoms with Gasteiger partial charge in [-0.1, -0.05) is 30.0 Å². The van der Waals surface area contributed by atoms with Crippen molar-refractivity contribution < 1.29 is 24.2 Å². The molecule has 7 heteroatoms. The Balaban J connectivity index is 1.75. The molecule has 0 radical (unpaired) electrons. The fourth-order valence-electron chi connectivity index (χ4n) is 3.72. The lowest BCUT2D eigenvalue weighted by Gasteiger charge is -2.19. The molecule has 7 nitrogen and oxygen atoms in total. The Labute approximate surface area is 205 Å². The van der Waals surface area contributed by atoms with Crippen molar-refractivity contribution in [2.45, 2.75) is 51.7 Å². The van der Waals surface area contributed by atoms with Crippen LogP contribution in [0.2, 0.25) is 0 Å². The van der Waals surface area contributed by atoms with Gasteiger partial charge in [-0.05, 0) is 56.5 Å². The summed E-state index contributed by atoms with van der Waals surface area (Å²) in [5.41, 5.74) is 3.06. The van der Waals surface area contributed by atoms with Gasteiger partial charge in [0.1, 0.15) is 5.75 Å². The summed E-state index contributed by atoms with van der Waals surface area (Å²) in [7, 11) is 1.36. The quantitative estimate of drug-likeness (QED) is 0.233. The van der Waals surface area contributed by atoms with E-state index in [2.05, 4.69) is 26.9 Å². The van der Waals surface area contributed by atoms with Crippen molar-refractivity contribution in [2.24, 2.45) is 0 Å². The van der Waals surface area contributed by atoms with Gasteiger partial charge in [0.05, 0.1) is 31.4 Å². The van der Waals surface area contributed by atoms with E-state index in [-0.39, 0.29) is 24.6 Å². The second-order valence-electron chi connectivity index (χ2n) is 8.53. The molecule has 0 aliphatic heterocycles. The van der Waals surface area contributed by atoms with Crippen molar-refractivity contribution in [2.75, 3.05) is 13.7 Å². The molecule has 3 rings (SSSR count). The number of aliphatic hydroxyl groups excluding tert-OH is 1. The van der Waals surface area contributed by atoms with E-state index in [1.165, 1.54) is 7.11 Å². The number of hydrogen-bond acceptors (Lipinski definition) is 5. The smallest absolute Gasteiger partial charge is 0.305 e. The predicted octanol–water partition coefficient (Wildman–Crippen LogP) is 3.98. The molecule has 3 N–H and O–H groups in total. The monoisotopic (exact) mass is 476 g/mol. The average Bonchev–Trinajstić information content (AvgIpc) is 3.26. The third-order valence-electron chi connectivity index (χ3n) is 5.43. The number of ether oxygens (including phenoxy) is 2. The molecule has 1 aromatic heterocycles. The van der Waals surface area contributed by atoms with E-state index in [0.717, 1.165) is 16.5 Å². The number of amides is 1. The van der Waals surface area contributed by atoms with E-state index in [1.807, 2.05) is 44.3 Å². The first-order valence-electron chi connectivity index (χ1n) is 11.7. The molecular formula is C28H32N2O5. The van der Waals surface area contributed by atoms with Gasteiger partial charge in [0.15, 0.2) is 0 Å². The number of fused-ring (bicyclic) bond motifs is 1. The van der Waals surface area contributed by atoms with Crippen molar-refractivity contribution >= 4 is 22.8 Å². The first kappa shape index (κ1) is 25.9. The molecule has 1 atom stereocenters. The standard InChI is InChI=1S/C28H32N2O5/c1-19(2)35-26-14-13-20(9-5-4-6-12-27(32)34-3)15-24(26)28(33)30-22(18-31)16-21-17-29-25-11-8-7-10-23(21)25/h7-8,10-11,13-15,17,19,22,29,31H,4,6,12,16,18H2,1-3H3,(H,30,33)/t22-/m1/s1. The van der Waals surface area contributed by atoms with E-state index < -0.39 is 6.04 Å². The number of carbonyl (C=O) groups excluding carboxylic acids is 2. The van der Waals surface area contributed by atoms with Gasteiger partial charge in [-0.2, -0.15) is 0 Å². The zero-order valence-electron chi connectivity index (χ0n) is 20.4. The van der Waals surface area contributed by atoms with Gasteiger partial charge < -0.3 is 24.9 Å². The van der Waals surface area contributed by atoms with E-state index in [4.69, 9.17) is 4.74 Å². The minimum absolute atomic E-state index is 0.114. The van der Waals surface area contributed by atoms with Crippen molar-refractivity contribution in [1.82, 2.24) is 10.3 Å². The second kappa shape index (κ2) is 12.6. The van der Waals surface area contributed by atoms with Gasteiger partial charge in [0, 0.05) is 35.5 Å². The van der Waals surface area contributed by atoms with Gasteiger partial charge in [-0.3, -0.25) is 9.59 Å². The van der Waals surface area contributed by atoms with Crippen LogP contribution in [0.15, 0.2) is 48.7 Å². The number of aromatic amines is 1. The lowest BCUT2D eigenvalue weighted by atomic mass is 10.0. The van der Waals surface area contributed by atoms with E-state index in [1.54, 1.807) is 18.2 Å². The summed E-state index contributed by atoms with van der Waals surface area (Å²) >= 11 is 0. The van der Waals surface area contributed by atoms with Crippen LogP contribution in [0, 0.1) is 11.8 Å². The molecule has 0 fully saturated rings. The number of esters is 1. The fraction of sp³-hybridized carbons (Fsp3) is 0.357. The molecule has 0 saturated carbocycles. The van der Waals surface area contributed by atoms with Crippen LogP contribution in [0.4, 0.5) is 0 Å². The molecule has 0 unspecified atom stereocenters. The molecule has 1 heterocycles. The second-order valence-corrected chi connectivity index (χ2v) is 8.53. The van der Waals surface area contributed by atoms with Crippen LogP contribution in [0.1, 0.15) is 54.6 Å². The lowest BCUT2D eigenvalue weighted by Crippen LogP contribution is -2.39. The topological polar surface area (TPSA) is 101 Å². The van der Waals surface area contributed by atoms with Crippen LogP contribution in [-0.2, 0) is 16.0 Å². The molecule has 1 amide bonds. The van der Waals surface area contributed by atoms with Crippen molar-refractivity contribution in [1.29, 1.82) is 0 Å². The van der Waals surface area contributed by atoms with Crippen molar-refractivity contribution in [3.63, 3.8) is 0 Å². The molecule has 0 saturated heterocycles. The zero-order valence-corrected chi connectivity index (χ0v) is 20.4. The third-order valence-corrected chi connectivity index (χ3v) is 5.43. The first-order valence-corrected chi connectivity index (χ1v) is 11.7. The maximum Gasteiger partial charge on any atom is 0.305 e. The Bertz CT molecular complexity index is 1220. The summed E-state index contributed by atoms with van der Waals surface area (Å²) < 4.78 is 10.5. The highest BCUT2D eigenvalue weighted by atomic mass is 16.5. The Morgan fingerprint density at radius 3 is 2.71 bits per heavy atom. The molecular weight excluding hydrogens is 444 g/mol. The number of hydrogen-bond donors (Lipinski definition) is 3. The summed E-state index contributed by atoms with van der Waals surface area (Å²) in [6, 6.07) is 12.7. The zero-order chi connectivity index (χ0) is 25.2. The van der Waals surface area contributed by atoms with E-state index in [0.29, 0.717) is 42.6 Å². The maximum absolute atomic E-state index is 13.2. The van der Waals surface area contributed by atoms with Gasteiger partial charge in [-0.15, -0.1) is 0 Å². The molecule has 0 aliphatic rings. The summed E-state index contributed by atoms with van der Waals surface area (Å²) in [4.78, 5) is 27.7. The van der Waals surface area contributed by atoms with Gasteiger partial charge in [0.25, 0.3) is 5.91 Å². The van der Waals surface area contributed by atoms with Crippen molar-refractivity contribution in [3.05, 3.63) is 65.4 Å². The number of H-pyrrole nitrogens is 1. The number of para-hydroxylation sites is 1. The number of unbranched alkanes of at least 4 members (excludes halogenated alkanes) is 1. The molecule has 0 spiro atoms. The van der Waals surface area contributed by atoms with Crippen LogP contribution >= 0.6 is 0 Å². The molecule has 2 aromatic carbocycles. The summed E-state index contributed by atoms with van der Waals surface area (Å²) in [5, 5.41) is 14.0. The van der Waals surface area contributed by atoms with Gasteiger partial charge in [-0.25, -0.2) is 0 Å². The Kier molecular flexibility index (Phi) is 9.33. The summed E-state index contributed by atoms with van der Waals surface area (Å²) in [6.45, 7) is 3.58. The largest absolute Gasteiger partial charge is 0.490 e. The normalized spacial score (nSPS) is 11.6. The molecule has 3 aromatic rings. The van der Waals surface area contributed by atoms with Crippen LogP contribution in [0.3, 0.4) is 0 Å². The first-order chi connectivity index (χ1) is 16.9. The number of benzene rings is 2. The Morgan fingerprint density at radius 2 is 1.97 bits per heavy atom. The summed E-state index contributed by atoms with van der Waals surface area (Å²) in [5.74, 6) is 5.94. The Hall–Kier alpha value is -3.76. The maximum atomic E-state index is 13.2. The highest BCUT2D eigenvalue weighted by Crippen LogP contribution is 2.23. The number of rotatable bonds is 10. The predicted molar refractivity (Wildman–Crippen MR) is 135 cm³/mol. The van der Waals surface area contributed by atoms with Gasteiger partial charge >= 0.3 is 5.97 Å². The average molecular weight is 477 g/mol. The highest BCUT2D eigenvalue weighted by Gasteiger charge is 2.19. The van der Waals surface area contributed by atoms with Crippen LogP contribution in [0.25, 0.3) is 10.9 Å². The number of nitrogens with one attached hydrogen (secondary N) is 2. The molecule has 184 valence electrons. The number of aromatic nitrogens is 1. The van der Waals surface area contributed by atoms with Crippen LogP contribution < -0.4 is 10.1 Å². The highest BCUT2D eigenvalue weighted by molar-refractivity contribution is 5.97. The number of methoxy groups -OCH3 is 1. The van der Waals surface area contributed by atoms with E-state index in [9.17, 15) is 14.7 Å². The SMILES string of the molecule is COC(=O)CCCC#Cc1ccc(OC(C)C)c(C(=O)N[C@@H](CO)Cc2c[nH]c3ccccc23)c1. The van der Waals surface area contributed by atoms with Crippen LogP contribution in [-0.4, -0.2) is 47.8 Å². The fourth-order valence-corrected chi connectivity index (χ4v) is 3.72. The minimum Gasteiger partial charge on any atom is -0.490 e. The minimum atomic E-state index is -0.471. The van der Waals surface area contributed by atoms with Crippen LogP contribution in [0.5, 0.6) is 5.75 Å². The molecule has 0 aliphatic carbocycles. The molecule has 35 heavy (non-hydrogen) atoms. The Morgan fingerprint density at radius 1 is 1.17 bits per heavy atom. The molecule has 0 bridgehead atoms. The number of carbonyl (C=O) groups is 2. The van der Waals surface area contributed by atoms with Gasteiger partial charge in [0.2, 0.25) is 0 Å².